The molecule has 31 heavy (non-hydrogen) atoms. The maximum Gasteiger partial charge on any atom is 0.255 e. The number of benzene rings is 1. The summed E-state index contributed by atoms with van der Waals surface area (Å²) >= 11 is 0. The first-order chi connectivity index (χ1) is 15.0. The molecule has 1 N–H and O–H groups in total. The Hall–Kier alpha value is -3.20. The second-order valence-corrected chi connectivity index (χ2v) is 7.69. The van der Waals surface area contributed by atoms with Crippen LogP contribution in [0.5, 0.6) is 0 Å². The first-order valence-electron chi connectivity index (χ1n) is 10.7. The van der Waals surface area contributed by atoms with Crippen LogP contribution in [-0.2, 0) is 27.4 Å². The smallest absolute Gasteiger partial charge is 0.255 e. The van der Waals surface area contributed by atoms with Crippen molar-refractivity contribution < 1.29 is 14.3 Å². The minimum atomic E-state index is -0.683. The summed E-state index contributed by atoms with van der Waals surface area (Å²) in [5.74, 6) is 0.737. The summed E-state index contributed by atoms with van der Waals surface area (Å²) in [7, 11) is 0. The van der Waals surface area contributed by atoms with E-state index < -0.39 is 6.10 Å². The van der Waals surface area contributed by atoms with E-state index in [2.05, 4.69) is 22.2 Å². The van der Waals surface area contributed by atoms with Gasteiger partial charge in [-0.15, -0.1) is 0 Å². The highest BCUT2D eigenvalue weighted by Gasteiger charge is 2.29. The third-order valence-electron chi connectivity index (χ3n) is 5.65. The van der Waals surface area contributed by atoms with Crippen LogP contribution < -0.4 is 5.32 Å². The van der Waals surface area contributed by atoms with E-state index >= 15 is 0 Å². The minimum absolute atomic E-state index is 0.0467. The zero-order valence-corrected chi connectivity index (χ0v) is 18.0. The van der Waals surface area contributed by atoms with Gasteiger partial charge in [-0.2, -0.15) is 0 Å². The monoisotopic (exact) mass is 424 g/mol. The number of morpholine rings is 1. The fraction of sp³-hybridized carbons (Fsp3) is 0.455. The molecule has 1 atom stereocenters. The Balaban J connectivity index is 1.30. The lowest BCUT2D eigenvalue weighted by atomic mass is 10.2. The molecule has 9 nitrogen and oxygen atoms in total. The van der Waals surface area contributed by atoms with Gasteiger partial charge in [0.2, 0.25) is 5.91 Å². The number of nitrogens with one attached hydrogen (secondary N) is 1. The Morgan fingerprint density at radius 3 is 2.90 bits per heavy atom. The molecule has 1 unspecified atom stereocenters. The van der Waals surface area contributed by atoms with Gasteiger partial charge in [-0.3, -0.25) is 9.59 Å². The molecule has 4 rings (SSSR count). The number of aryl methyl sites for hydroxylation is 3. The number of anilines is 1. The highest BCUT2D eigenvalue weighted by molar-refractivity contribution is 5.96. The predicted molar refractivity (Wildman–Crippen MR) is 117 cm³/mol. The summed E-state index contributed by atoms with van der Waals surface area (Å²) in [6.07, 6.45) is 5.95. The molecule has 2 aromatic heterocycles. The fourth-order valence-corrected chi connectivity index (χ4v) is 3.85. The Labute approximate surface area is 181 Å². The highest BCUT2D eigenvalue weighted by Crippen LogP contribution is 2.19. The van der Waals surface area contributed by atoms with Crippen molar-refractivity contribution in [1.29, 1.82) is 0 Å². The van der Waals surface area contributed by atoms with Crippen molar-refractivity contribution in [2.45, 2.75) is 45.9 Å². The van der Waals surface area contributed by atoms with Crippen molar-refractivity contribution in [3.05, 3.63) is 42.7 Å². The Morgan fingerprint density at radius 1 is 1.26 bits per heavy atom. The van der Waals surface area contributed by atoms with E-state index in [9.17, 15) is 9.59 Å². The van der Waals surface area contributed by atoms with Gasteiger partial charge in [-0.25, -0.2) is 9.97 Å². The lowest BCUT2D eigenvalue weighted by Gasteiger charge is -2.32. The van der Waals surface area contributed by atoms with Crippen LogP contribution >= 0.6 is 0 Å². The summed E-state index contributed by atoms with van der Waals surface area (Å²) in [5.41, 5.74) is 2.52. The molecule has 3 aromatic rings. The number of carbonyl (C=O) groups is 2. The number of nitrogens with zero attached hydrogens (tertiary/aromatic N) is 5. The van der Waals surface area contributed by atoms with Crippen LogP contribution in [0, 0.1) is 6.92 Å². The number of carbonyl (C=O) groups excluding carboxylic acids is 2. The lowest BCUT2D eigenvalue weighted by molar-refractivity contribution is -0.144. The zero-order chi connectivity index (χ0) is 21.8. The number of rotatable bonds is 7. The summed E-state index contributed by atoms with van der Waals surface area (Å²) in [5, 5.41) is 2.90. The van der Waals surface area contributed by atoms with Gasteiger partial charge >= 0.3 is 0 Å². The molecule has 0 spiro atoms. The number of imidazole rings is 2. The molecule has 2 amide bonds. The highest BCUT2D eigenvalue weighted by atomic mass is 16.5. The molecule has 1 fully saturated rings. The number of aromatic nitrogens is 4. The summed E-state index contributed by atoms with van der Waals surface area (Å²) in [4.78, 5) is 35.6. The third kappa shape index (κ3) is 4.77. The Bertz CT molecular complexity index is 1070. The van der Waals surface area contributed by atoms with E-state index in [-0.39, 0.29) is 18.4 Å². The molecule has 1 aliphatic heterocycles. The molecule has 9 heteroatoms. The number of amides is 2. The topological polar surface area (TPSA) is 94.3 Å². The van der Waals surface area contributed by atoms with Gasteiger partial charge < -0.3 is 24.1 Å². The SMILES string of the molecule is CCn1cnc2cc(NC(=O)C3CN(C(=O)CCCn4ccnc4C)CCO3)ccc21. The van der Waals surface area contributed by atoms with E-state index in [4.69, 9.17) is 4.74 Å². The van der Waals surface area contributed by atoms with Gasteiger partial charge in [0.05, 0.1) is 30.5 Å². The lowest BCUT2D eigenvalue weighted by Crippen LogP contribution is -2.50. The average Bonchev–Trinajstić information content (AvgIpc) is 3.39. The van der Waals surface area contributed by atoms with Gasteiger partial charge in [0.25, 0.3) is 5.91 Å². The van der Waals surface area contributed by atoms with Crippen molar-refractivity contribution in [2.24, 2.45) is 0 Å². The van der Waals surface area contributed by atoms with Crippen LogP contribution in [-0.4, -0.2) is 61.6 Å². The van der Waals surface area contributed by atoms with Gasteiger partial charge in [-0.05, 0) is 38.5 Å². The molecule has 0 aliphatic carbocycles. The van der Waals surface area contributed by atoms with Gasteiger partial charge in [0, 0.05) is 44.1 Å². The molecular weight excluding hydrogens is 396 g/mol. The number of fused-ring (bicyclic) bond motifs is 1. The number of ether oxygens (including phenoxy) is 1. The standard InChI is InChI=1S/C22H28N6O3/c1-3-26-15-24-18-13-17(6-7-19(18)26)25-22(30)20-14-28(11-12-31-20)21(29)5-4-9-27-10-8-23-16(27)2/h6-8,10,13,15,20H,3-5,9,11-12,14H2,1-2H3,(H,25,30). The van der Waals surface area contributed by atoms with E-state index in [1.807, 2.05) is 40.5 Å². The van der Waals surface area contributed by atoms with Crippen molar-refractivity contribution in [1.82, 2.24) is 24.0 Å². The van der Waals surface area contributed by atoms with Crippen LogP contribution in [0.3, 0.4) is 0 Å². The van der Waals surface area contributed by atoms with E-state index in [0.29, 0.717) is 25.3 Å². The van der Waals surface area contributed by atoms with E-state index in [0.717, 1.165) is 36.4 Å². The van der Waals surface area contributed by atoms with Crippen LogP contribution in [0.4, 0.5) is 5.69 Å². The quantitative estimate of drug-likeness (QED) is 0.628. The summed E-state index contributed by atoms with van der Waals surface area (Å²) in [6.45, 7) is 6.72. The summed E-state index contributed by atoms with van der Waals surface area (Å²) in [6, 6.07) is 5.65. The molecule has 0 radical (unpaired) electrons. The van der Waals surface area contributed by atoms with Crippen LogP contribution in [0.2, 0.25) is 0 Å². The largest absolute Gasteiger partial charge is 0.365 e. The van der Waals surface area contributed by atoms with Crippen LogP contribution in [0.15, 0.2) is 36.9 Å². The normalized spacial score (nSPS) is 16.6. The van der Waals surface area contributed by atoms with Gasteiger partial charge in [-0.1, -0.05) is 0 Å². The molecular formula is C22H28N6O3. The van der Waals surface area contributed by atoms with Crippen molar-refractivity contribution in [3.63, 3.8) is 0 Å². The van der Waals surface area contributed by atoms with Crippen molar-refractivity contribution in [3.8, 4) is 0 Å². The van der Waals surface area contributed by atoms with Gasteiger partial charge in [0.15, 0.2) is 6.10 Å². The van der Waals surface area contributed by atoms with E-state index in [1.54, 1.807) is 17.4 Å². The molecule has 1 saturated heterocycles. The van der Waals surface area contributed by atoms with Crippen LogP contribution in [0.25, 0.3) is 11.0 Å². The predicted octanol–water partition coefficient (Wildman–Crippen LogP) is 2.21. The maximum absolute atomic E-state index is 12.7. The average molecular weight is 425 g/mol. The maximum atomic E-state index is 12.7. The molecule has 3 heterocycles. The van der Waals surface area contributed by atoms with E-state index in [1.165, 1.54) is 0 Å². The second kappa shape index (κ2) is 9.30. The summed E-state index contributed by atoms with van der Waals surface area (Å²) < 4.78 is 9.72. The molecule has 0 bridgehead atoms. The van der Waals surface area contributed by atoms with Crippen molar-refractivity contribution in [2.75, 3.05) is 25.0 Å². The molecule has 164 valence electrons. The zero-order valence-electron chi connectivity index (χ0n) is 18.0. The number of hydrogen-bond acceptors (Lipinski definition) is 5. The van der Waals surface area contributed by atoms with Crippen molar-refractivity contribution >= 4 is 28.5 Å². The minimum Gasteiger partial charge on any atom is -0.365 e. The third-order valence-corrected chi connectivity index (χ3v) is 5.65. The molecule has 1 aromatic carbocycles. The first kappa shape index (κ1) is 21.0. The molecule has 1 aliphatic rings. The Kier molecular flexibility index (Phi) is 6.31. The second-order valence-electron chi connectivity index (χ2n) is 7.69. The van der Waals surface area contributed by atoms with Gasteiger partial charge in [0.1, 0.15) is 5.82 Å². The molecule has 0 saturated carbocycles. The van der Waals surface area contributed by atoms with Crippen LogP contribution in [0.1, 0.15) is 25.6 Å². The first-order valence-corrected chi connectivity index (χ1v) is 10.7. The fourth-order valence-electron chi connectivity index (χ4n) is 3.85. The number of hydrogen-bond donors (Lipinski definition) is 1. The Morgan fingerprint density at radius 2 is 2.13 bits per heavy atom.